The van der Waals surface area contributed by atoms with Gasteiger partial charge >= 0.3 is 15.1 Å². The Labute approximate surface area is 169 Å². The van der Waals surface area contributed by atoms with Gasteiger partial charge in [0.05, 0.1) is 6.61 Å². The van der Waals surface area contributed by atoms with E-state index in [0.717, 1.165) is 22.3 Å². The lowest BCUT2D eigenvalue weighted by Gasteiger charge is -2.20. The summed E-state index contributed by atoms with van der Waals surface area (Å²) in [4.78, 5) is 26.2. The predicted octanol–water partition coefficient (Wildman–Crippen LogP) is 5.29. The molecule has 2 rings (SSSR count). The Morgan fingerprint density at radius 3 is 2.04 bits per heavy atom. The summed E-state index contributed by atoms with van der Waals surface area (Å²) in [7, 11) is 1.17. The first-order chi connectivity index (χ1) is 13.2. The number of Topliss-reactive ketones (excluding diaryl/α,β-unsaturated/α-hetero) is 1. The lowest BCUT2D eigenvalue weighted by atomic mass is 9.84. The molecule has 0 N–H and O–H groups in total. The zero-order valence-electron chi connectivity index (χ0n) is 17.5. The van der Waals surface area contributed by atoms with E-state index in [1.807, 2.05) is 77.9 Å². The van der Waals surface area contributed by atoms with Gasteiger partial charge in [0.15, 0.2) is 5.78 Å². The fourth-order valence-corrected chi connectivity index (χ4v) is 3.18. The molecule has 4 nitrogen and oxygen atoms in total. The van der Waals surface area contributed by atoms with Crippen molar-refractivity contribution >= 4 is 20.9 Å². The van der Waals surface area contributed by atoms with Gasteiger partial charge in [-0.2, -0.15) is 0 Å². The van der Waals surface area contributed by atoms with E-state index < -0.39 is 11.9 Å². The summed E-state index contributed by atoms with van der Waals surface area (Å²) < 4.78 is 13.6. The van der Waals surface area contributed by atoms with Crippen LogP contribution in [0.25, 0.3) is 0 Å². The molecule has 0 aliphatic carbocycles. The number of benzene rings is 2. The molecule has 5 heteroatoms. The van der Waals surface area contributed by atoms with E-state index in [9.17, 15) is 9.59 Å². The summed E-state index contributed by atoms with van der Waals surface area (Å²) in [6.45, 7) is 12.2. The van der Waals surface area contributed by atoms with Gasteiger partial charge in [0.25, 0.3) is 0 Å². The Balaban J connectivity index is 0.00000190. The van der Waals surface area contributed by atoms with Crippen LogP contribution in [-0.4, -0.2) is 18.4 Å². The van der Waals surface area contributed by atoms with Crippen molar-refractivity contribution in [2.45, 2.75) is 47.5 Å². The van der Waals surface area contributed by atoms with Crippen LogP contribution in [0.1, 0.15) is 57.9 Å². The van der Waals surface area contributed by atoms with Crippen molar-refractivity contribution in [3.05, 3.63) is 69.8 Å². The van der Waals surface area contributed by atoms with Crippen molar-refractivity contribution < 1.29 is 18.9 Å². The average molecular weight is 401 g/mol. The van der Waals surface area contributed by atoms with Crippen LogP contribution in [0.2, 0.25) is 0 Å². The Kier molecular flexibility index (Phi) is 9.21. The van der Waals surface area contributed by atoms with Gasteiger partial charge in [-0.1, -0.05) is 54.8 Å². The highest BCUT2D eigenvalue weighted by molar-refractivity contribution is 7.00. The summed E-state index contributed by atoms with van der Waals surface area (Å²) in [6.07, 6.45) is 0. The molecule has 2 aromatic carbocycles. The third-order valence-electron chi connectivity index (χ3n) is 4.79. The van der Waals surface area contributed by atoms with Crippen LogP contribution < -0.4 is 0 Å². The monoisotopic (exact) mass is 401 g/mol. The van der Waals surface area contributed by atoms with Gasteiger partial charge in [-0.25, -0.2) is 0 Å². The third-order valence-corrected chi connectivity index (χ3v) is 4.79. The van der Waals surface area contributed by atoms with Crippen molar-refractivity contribution in [2.24, 2.45) is 5.92 Å². The van der Waals surface area contributed by atoms with Crippen LogP contribution in [0.3, 0.4) is 0 Å². The summed E-state index contributed by atoms with van der Waals surface area (Å²) in [5, 5.41) is 0. The molecule has 2 aromatic rings. The maximum Gasteiger partial charge on any atom is 0.321 e. The normalized spacial score (nSPS) is 11.4. The van der Waals surface area contributed by atoms with Gasteiger partial charge < -0.3 is 4.74 Å². The van der Waals surface area contributed by atoms with Crippen molar-refractivity contribution in [3.8, 4) is 0 Å². The first-order valence-electron chi connectivity index (χ1n) is 9.30. The smallest absolute Gasteiger partial charge is 0.321 e. The molecule has 28 heavy (non-hydrogen) atoms. The standard InChI is InChI=1S/C23H28O3.H2OP/c1-14(2)13-26-23(25)21(19-10-8-7-9-11-19)22(24)20-16(4)12-15(3)17(5)18(20)6;1-2/h7-12,14,21H,13H2,1-6H3;2H2/q;+1. The second-order valence-electron chi connectivity index (χ2n) is 7.37. The van der Waals surface area contributed by atoms with Gasteiger partial charge in [-0.05, 0) is 61.4 Å². The minimum Gasteiger partial charge on any atom is -0.465 e. The molecule has 0 spiro atoms. The molecule has 0 saturated heterocycles. The number of esters is 1. The Hall–Kier alpha value is -2.32. The number of hydrogen-bond acceptors (Lipinski definition) is 4. The number of rotatable bonds is 6. The molecular weight excluding hydrogens is 371 g/mol. The zero-order chi connectivity index (χ0) is 21.4. The topological polar surface area (TPSA) is 60.4 Å². The number of carbonyl (C=O) groups excluding carboxylic acids is 2. The van der Waals surface area contributed by atoms with E-state index in [1.54, 1.807) is 0 Å². The van der Waals surface area contributed by atoms with E-state index >= 15 is 0 Å². The van der Waals surface area contributed by atoms with Crippen LogP contribution in [-0.2, 0) is 14.1 Å². The molecule has 0 saturated carbocycles. The second-order valence-corrected chi connectivity index (χ2v) is 7.37. The van der Waals surface area contributed by atoms with Gasteiger partial charge in [-0.3, -0.25) is 9.59 Å². The lowest BCUT2D eigenvalue weighted by Crippen LogP contribution is -2.27. The summed E-state index contributed by atoms with van der Waals surface area (Å²) in [5.74, 6) is -1.39. The maximum absolute atomic E-state index is 13.4. The molecule has 2 atom stereocenters. The predicted molar refractivity (Wildman–Crippen MR) is 115 cm³/mol. The van der Waals surface area contributed by atoms with Crippen LogP contribution in [0.5, 0.6) is 0 Å². The quantitative estimate of drug-likeness (QED) is 0.285. The summed E-state index contributed by atoms with van der Waals surface area (Å²) in [6, 6.07) is 11.2. The second kappa shape index (κ2) is 10.9. The van der Waals surface area contributed by atoms with Crippen LogP contribution in [0.15, 0.2) is 36.4 Å². The van der Waals surface area contributed by atoms with Crippen molar-refractivity contribution in [3.63, 3.8) is 0 Å². The fourth-order valence-electron chi connectivity index (χ4n) is 3.18. The van der Waals surface area contributed by atoms with Crippen molar-refractivity contribution in [2.75, 3.05) is 6.61 Å². The number of ketones is 1. The minimum atomic E-state index is -0.936. The molecule has 2 unspecified atom stereocenters. The number of ether oxygens (including phenoxy) is 1. The summed E-state index contributed by atoms with van der Waals surface area (Å²) in [5.41, 5.74) is 5.36. The van der Waals surface area contributed by atoms with Gasteiger partial charge in [0, 0.05) is 5.56 Å². The Bertz CT molecular complexity index is 828. The summed E-state index contributed by atoms with van der Waals surface area (Å²) >= 11 is 0. The Morgan fingerprint density at radius 1 is 0.929 bits per heavy atom. The molecule has 0 aliphatic rings. The van der Waals surface area contributed by atoms with Crippen LogP contribution in [0, 0.1) is 33.6 Å². The van der Waals surface area contributed by atoms with E-state index in [1.165, 1.54) is 9.12 Å². The fraction of sp³-hybridized carbons (Fsp3) is 0.391. The highest BCUT2D eigenvalue weighted by atomic mass is 31.0. The molecule has 0 fully saturated rings. The van der Waals surface area contributed by atoms with E-state index in [0.29, 0.717) is 17.7 Å². The zero-order valence-corrected chi connectivity index (χ0v) is 18.7. The van der Waals surface area contributed by atoms with Crippen LogP contribution >= 0.6 is 9.12 Å². The third kappa shape index (κ3) is 5.59. The number of aryl methyl sites for hydroxylation is 2. The van der Waals surface area contributed by atoms with Gasteiger partial charge in [-0.15, -0.1) is 0 Å². The highest BCUT2D eigenvalue weighted by Gasteiger charge is 2.33. The highest BCUT2D eigenvalue weighted by Crippen LogP contribution is 2.29. The Morgan fingerprint density at radius 2 is 1.50 bits per heavy atom. The van der Waals surface area contributed by atoms with E-state index in [-0.39, 0.29) is 11.7 Å². The molecule has 0 bridgehead atoms. The van der Waals surface area contributed by atoms with E-state index in [2.05, 4.69) is 0 Å². The van der Waals surface area contributed by atoms with Gasteiger partial charge in [0.2, 0.25) is 0 Å². The molecule has 0 aliphatic heterocycles. The molecule has 0 amide bonds. The maximum atomic E-state index is 13.4. The SMILES string of the molecule is Cc1cc(C)c(C(=O)C(C(=O)OCC(C)C)c2ccccc2)c(C)c1C.O=[PH2+]. The van der Waals surface area contributed by atoms with Crippen molar-refractivity contribution in [1.29, 1.82) is 0 Å². The molecule has 0 heterocycles. The first kappa shape index (κ1) is 23.7. The van der Waals surface area contributed by atoms with E-state index in [4.69, 9.17) is 9.30 Å². The van der Waals surface area contributed by atoms with Crippen molar-refractivity contribution in [1.82, 2.24) is 0 Å². The number of carbonyl (C=O) groups is 2. The molecule has 0 aromatic heterocycles. The van der Waals surface area contributed by atoms with Crippen LogP contribution in [0.4, 0.5) is 0 Å². The molecule has 150 valence electrons. The number of hydrogen-bond donors (Lipinski definition) is 0. The lowest BCUT2D eigenvalue weighted by molar-refractivity contribution is -0.145. The molecule has 0 radical (unpaired) electrons. The minimum absolute atomic E-state index is 0.192. The van der Waals surface area contributed by atoms with Gasteiger partial charge in [0.1, 0.15) is 5.92 Å². The average Bonchev–Trinajstić information content (AvgIpc) is 2.67. The first-order valence-corrected chi connectivity index (χ1v) is 9.78. The molecular formula is C23H30O4P+. The largest absolute Gasteiger partial charge is 0.465 e.